The van der Waals surface area contributed by atoms with E-state index in [0.717, 1.165) is 28.2 Å². The van der Waals surface area contributed by atoms with Gasteiger partial charge in [0.2, 0.25) is 0 Å². The lowest BCUT2D eigenvalue weighted by molar-refractivity contribution is -0.142. The predicted octanol–water partition coefficient (Wildman–Crippen LogP) is 5.32. The Kier molecular flexibility index (Phi) is 9.09. The van der Waals surface area contributed by atoms with Gasteiger partial charge in [-0.15, -0.1) is 0 Å². The lowest BCUT2D eigenvalue weighted by atomic mass is 10.1. The maximum atomic E-state index is 12.7. The highest BCUT2D eigenvalue weighted by molar-refractivity contribution is 6.39. The van der Waals surface area contributed by atoms with Crippen molar-refractivity contribution in [3.8, 4) is 5.69 Å². The normalized spacial score (nSPS) is 12.1. The summed E-state index contributed by atoms with van der Waals surface area (Å²) in [5.74, 6) is -1.12. The number of ether oxygens (including phenoxy) is 2. The van der Waals surface area contributed by atoms with Gasteiger partial charge < -0.3 is 14.8 Å². The molecule has 0 aliphatic rings. The second-order valence-corrected chi connectivity index (χ2v) is 8.68. The molecular formula is C26H27Cl2N3O4. The molecule has 0 saturated heterocycles. The largest absolute Gasteiger partial charge is 0.467 e. The van der Waals surface area contributed by atoms with Gasteiger partial charge in [0.15, 0.2) is 0 Å². The van der Waals surface area contributed by atoms with E-state index in [0.29, 0.717) is 6.61 Å². The van der Waals surface area contributed by atoms with Crippen LogP contribution in [0.3, 0.4) is 0 Å². The number of benzene rings is 2. The molecule has 0 bridgehead atoms. The van der Waals surface area contributed by atoms with E-state index in [1.54, 1.807) is 31.4 Å². The summed E-state index contributed by atoms with van der Waals surface area (Å²) < 4.78 is 12.0. The molecule has 0 saturated carbocycles. The van der Waals surface area contributed by atoms with Crippen LogP contribution >= 0.6 is 23.2 Å². The lowest BCUT2D eigenvalue weighted by Gasteiger charge is -2.16. The summed E-state index contributed by atoms with van der Waals surface area (Å²) in [6, 6.07) is 11.7. The monoisotopic (exact) mass is 515 g/mol. The van der Waals surface area contributed by atoms with Crippen LogP contribution in [0.5, 0.6) is 0 Å². The number of rotatable bonds is 9. The van der Waals surface area contributed by atoms with Crippen molar-refractivity contribution in [2.24, 2.45) is 0 Å². The third kappa shape index (κ3) is 6.31. The number of hydrogen-bond acceptors (Lipinski definition) is 5. The number of aromatic nitrogens is 2. The van der Waals surface area contributed by atoms with Crippen molar-refractivity contribution in [3.05, 3.63) is 86.7 Å². The van der Waals surface area contributed by atoms with Crippen molar-refractivity contribution in [1.29, 1.82) is 0 Å². The maximum Gasteiger partial charge on any atom is 0.328 e. The molecule has 1 heterocycles. The van der Waals surface area contributed by atoms with Gasteiger partial charge >= 0.3 is 5.97 Å². The highest BCUT2D eigenvalue weighted by atomic mass is 35.5. The average Bonchev–Trinajstić information content (AvgIpc) is 3.12. The Balaban J connectivity index is 1.71. The van der Waals surface area contributed by atoms with Crippen LogP contribution in [0.2, 0.25) is 10.0 Å². The molecule has 184 valence electrons. The van der Waals surface area contributed by atoms with Gasteiger partial charge in [-0.05, 0) is 50.1 Å². The average molecular weight is 516 g/mol. The summed E-state index contributed by atoms with van der Waals surface area (Å²) in [7, 11) is 2.93. The van der Waals surface area contributed by atoms with Crippen LogP contribution in [0.4, 0.5) is 0 Å². The summed E-state index contributed by atoms with van der Waals surface area (Å²) in [4.78, 5) is 24.9. The van der Waals surface area contributed by atoms with E-state index in [-0.39, 0.29) is 22.0 Å². The van der Waals surface area contributed by atoms with E-state index in [4.69, 9.17) is 32.7 Å². The first kappa shape index (κ1) is 26.5. The third-order valence-corrected chi connectivity index (χ3v) is 6.16. The number of methoxy groups -OCH3 is 2. The first-order valence-electron chi connectivity index (χ1n) is 10.9. The van der Waals surface area contributed by atoms with Gasteiger partial charge in [0.25, 0.3) is 5.91 Å². The van der Waals surface area contributed by atoms with Crippen LogP contribution in [0.25, 0.3) is 11.8 Å². The van der Waals surface area contributed by atoms with E-state index in [2.05, 4.69) is 10.4 Å². The number of esters is 1. The van der Waals surface area contributed by atoms with Gasteiger partial charge in [-0.2, -0.15) is 5.10 Å². The van der Waals surface area contributed by atoms with Crippen LogP contribution < -0.4 is 5.32 Å². The molecule has 1 atom stereocenters. The van der Waals surface area contributed by atoms with Crippen molar-refractivity contribution >= 4 is 41.2 Å². The minimum Gasteiger partial charge on any atom is -0.467 e. The molecule has 35 heavy (non-hydrogen) atoms. The Morgan fingerprint density at radius 3 is 2.34 bits per heavy atom. The fourth-order valence-corrected chi connectivity index (χ4v) is 4.22. The van der Waals surface area contributed by atoms with Crippen molar-refractivity contribution < 1.29 is 19.1 Å². The summed E-state index contributed by atoms with van der Waals surface area (Å²) >= 11 is 12.2. The van der Waals surface area contributed by atoms with Crippen LogP contribution in [-0.2, 0) is 20.9 Å². The first-order chi connectivity index (χ1) is 16.8. The highest BCUT2D eigenvalue weighted by Gasteiger charge is 2.23. The number of nitrogens with zero attached hydrogens (tertiary/aromatic N) is 2. The maximum absolute atomic E-state index is 12.7. The molecular weight excluding hydrogens is 489 g/mol. The summed E-state index contributed by atoms with van der Waals surface area (Å²) in [6.07, 6.45) is 3.89. The molecule has 0 aliphatic heterocycles. The van der Waals surface area contributed by atoms with Gasteiger partial charge in [-0.3, -0.25) is 4.79 Å². The topological polar surface area (TPSA) is 82.5 Å². The highest BCUT2D eigenvalue weighted by Crippen LogP contribution is 2.24. The number of halogens is 2. The molecule has 0 aliphatic carbocycles. The Morgan fingerprint density at radius 1 is 1.09 bits per heavy atom. The number of nitrogens with one attached hydrogen (secondary N) is 1. The Bertz CT molecular complexity index is 1220. The van der Waals surface area contributed by atoms with Crippen molar-refractivity contribution in [2.75, 3.05) is 14.2 Å². The van der Waals surface area contributed by atoms with E-state index in [1.165, 1.54) is 7.11 Å². The summed E-state index contributed by atoms with van der Waals surface area (Å²) in [5, 5.41) is 7.67. The molecule has 1 unspecified atom stereocenters. The lowest BCUT2D eigenvalue weighted by Crippen LogP contribution is -2.41. The van der Waals surface area contributed by atoms with Crippen molar-refractivity contribution in [2.45, 2.75) is 32.9 Å². The Labute approximate surface area is 214 Å². The third-order valence-electron chi connectivity index (χ3n) is 5.53. The summed E-state index contributed by atoms with van der Waals surface area (Å²) in [6.45, 7) is 4.49. The van der Waals surface area contributed by atoms with E-state index >= 15 is 0 Å². The molecule has 2 aromatic carbocycles. The fraction of sp³-hybridized carbons (Fsp3) is 0.269. The Hall–Kier alpha value is -3.13. The molecule has 3 aromatic rings. The molecule has 1 N–H and O–H groups in total. The van der Waals surface area contributed by atoms with Crippen LogP contribution in [0.1, 0.15) is 39.3 Å². The van der Waals surface area contributed by atoms with E-state index in [9.17, 15) is 9.59 Å². The van der Waals surface area contributed by atoms with Gasteiger partial charge in [0.1, 0.15) is 6.04 Å². The standard InChI is InChI=1S/C26H27Cl2N3O4/c1-16-20(15-34-3)17(2)31(30-16)19-13-11-18(12-14-19)7-5-10-23(26(33)35-4)29-25(32)24-21(27)8-6-9-22(24)28/h5-9,11-14,23H,10,15H2,1-4H3,(H,29,32)/b7-5+. The first-order valence-corrected chi connectivity index (χ1v) is 11.7. The van der Waals surface area contributed by atoms with Crippen LogP contribution in [0, 0.1) is 13.8 Å². The fourth-order valence-electron chi connectivity index (χ4n) is 3.65. The minimum atomic E-state index is -0.899. The van der Waals surface area contributed by atoms with Gasteiger partial charge in [-0.25, -0.2) is 9.48 Å². The molecule has 1 aromatic heterocycles. The molecule has 3 rings (SSSR count). The van der Waals surface area contributed by atoms with Crippen molar-refractivity contribution in [1.82, 2.24) is 15.1 Å². The molecule has 9 heteroatoms. The molecule has 1 amide bonds. The van der Waals surface area contributed by atoms with Crippen molar-refractivity contribution in [3.63, 3.8) is 0 Å². The van der Waals surface area contributed by atoms with Crippen LogP contribution in [0.15, 0.2) is 48.5 Å². The molecule has 0 spiro atoms. The SMILES string of the molecule is COCc1c(C)nn(-c2ccc(/C=C/CC(NC(=O)c3c(Cl)cccc3Cl)C(=O)OC)cc2)c1C. The predicted molar refractivity (Wildman–Crippen MR) is 137 cm³/mol. The van der Waals surface area contributed by atoms with E-state index in [1.807, 2.05) is 48.9 Å². The zero-order valence-corrected chi connectivity index (χ0v) is 21.5. The second-order valence-electron chi connectivity index (χ2n) is 7.87. The smallest absolute Gasteiger partial charge is 0.328 e. The van der Waals surface area contributed by atoms with Gasteiger partial charge in [0, 0.05) is 18.4 Å². The Morgan fingerprint density at radius 2 is 1.74 bits per heavy atom. The number of amides is 1. The molecule has 0 radical (unpaired) electrons. The minimum absolute atomic E-state index is 0.113. The van der Waals surface area contributed by atoms with E-state index < -0.39 is 17.9 Å². The summed E-state index contributed by atoms with van der Waals surface area (Å²) in [5.41, 5.74) is 5.01. The number of carbonyl (C=O) groups is 2. The zero-order chi connectivity index (χ0) is 25.5. The number of aryl methyl sites for hydroxylation is 1. The molecule has 0 fully saturated rings. The van der Waals surface area contributed by atoms with Gasteiger partial charge in [-0.1, -0.05) is 53.6 Å². The van der Waals surface area contributed by atoms with Gasteiger partial charge in [0.05, 0.1) is 40.7 Å². The second kappa shape index (κ2) is 12.0. The number of carbonyl (C=O) groups excluding carboxylic acids is 2. The zero-order valence-electron chi connectivity index (χ0n) is 20.0. The van der Waals surface area contributed by atoms with Crippen LogP contribution in [-0.4, -0.2) is 41.9 Å². The quantitative estimate of drug-likeness (QED) is 0.390. The number of hydrogen-bond donors (Lipinski definition) is 1. The molecule has 7 nitrogen and oxygen atoms in total.